The van der Waals surface area contributed by atoms with E-state index in [1.165, 1.54) is 12.8 Å². The minimum atomic E-state index is -1.06. The Balaban J connectivity index is 2.23. The summed E-state index contributed by atoms with van der Waals surface area (Å²) < 4.78 is 5.15. The lowest BCUT2D eigenvalue weighted by Crippen LogP contribution is -2.47. The van der Waals surface area contributed by atoms with Crippen LogP contribution < -0.4 is 10.1 Å². The largest absolute Gasteiger partial charge is 0.497 e. The van der Waals surface area contributed by atoms with Gasteiger partial charge >= 0.3 is 5.97 Å². The molecule has 0 spiro atoms. The van der Waals surface area contributed by atoms with Crippen molar-refractivity contribution in [2.45, 2.75) is 25.3 Å². The molecule has 1 aromatic rings. The number of nitrogens with one attached hydrogen (secondary N) is 1. The fraction of sp³-hybridized carbons (Fsp3) is 0.500. The molecule has 1 aromatic carbocycles. The van der Waals surface area contributed by atoms with Crippen LogP contribution in [0.25, 0.3) is 0 Å². The highest BCUT2D eigenvalue weighted by Crippen LogP contribution is 2.31. The third-order valence-corrected chi connectivity index (χ3v) is 3.52. The molecule has 0 bridgehead atoms. The zero-order valence-corrected chi connectivity index (χ0v) is 10.8. The Labute approximate surface area is 107 Å². The molecule has 4 heteroatoms. The van der Waals surface area contributed by atoms with Crippen molar-refractivity contribution in [1.82, 2.24) is 5.32 Å². The summed E-state index contributed by atoms with van der Waals surface area (Å²) in [5, 5.41) is 12.6. The summed E-state index contributed by atoms with van der Waals surface area (Å²) in [6.45, 7) is 2.45. The van der Waals surface area contributed by atoms with Crippen molar-refractivity contribution in [2.24, 2.45) is 5.92 Å². The number of ether oxygens (including phenoxy) is 1. The number of benzene rings is 1. The second kappa shape index (κ2) is 4.98. The molecule has 0 amide bonds. The number of rotatable bonds is 6. The standard InChI is InChI=1S/C14H19NO3/c1-14(13(16)17,15-9-10-6-7-10)11-4-3-5-12(8-11)18-2/h3-5,8,10,15H,6-7,9H2,1-2H3,(H,16,17). The quantitative estimate of drug-likeness (QED) is 0.809. The number of hydrogen-bond donors (Lipinski definition) is 2. The third kappa shape index (κ3) is 2.64. The molecule has 1 saturated carbocycles. The van der Waals surface area contributed by atoms with E-state index in [-0.39, 0.29) is 0 Å². The van der Waals surface area contributed by atoms with Crippen LogP contribution in [0.5, 0.6) is 5.75 Å². The number of aliphatic carboxylic acids is 1. The molecule has 18 heavy (non-hydrogen) atoms. The molecule has 1 atom stereocenters. The fourth-order valence-electron chi connectivity index (χ4n) is 1.91. The zero-order chi connectivity index (χ0) is 13.2. The van der Waals surface area contributed by atoms with Crippen LogP contribution in [0, 0.1) is 5.92 Å². The van der Waals surface area contributed by atoms with Crippen molar-refractivity contribution < 1.29 is 14.6 Å². The SMILES string of the molecule is COc1cccc(C(C)(NCC2CC2)C(=O)O)c1. The molecule has 0 radical (unpaired) electrons. The van der Waals surface area contributed by atoms with E-state index in [9.17, 15) is 9.90 Å². The summed E-state index contributed by atoms with van der Waals surface area (Å²) in [7, 11) is 1.58. The fourth-order valence-corrected chi connectivity index (χ4v) is 1.91. The van der Waals surface area contributed by atoms with Crippen LogP contribution in [0.2, 0.25) is 0 Å². The number of carbonyl (C=O) groups is 1. The average molecular weight is 249 g/mol. The van der Waals surface area contributed by atoms with E-state index in [2.05, 4.69) is 5.32 Å². The minimum absolute atomic E-state index is 0.634. The van der Waals surface area contributed by atoms with Crippen molar-refractivity contribution >= 4 is 5.97 Å². The normalized spacial score (nSPS) is 18.1. The van der Waals surface area contributed by atoms with Crippen molar-refractivity contribution in [3.63, 3.8) is 0 Å². The van der Waals surface area contributed by atoms with Gasteiger partial charge in [0.1, 0.15) is 11.3 Å². The van der Waals surface area contributed by atoms with Gasteiger partial charge in [-0.2, -0.15) is 0 Å². The second-order valence-electron chi connectivity index (χ2n) is 4.99. The molecule has 0 aliphatic heterocycles. The van der Waals surface area contributed by atoms with Crippen molar-refractivity contribution in [3.05, 3.63) is 29.8 Å². The van der Waals surface area contributed by atoms with Gasteiger partial charge in [-0.25, -0.2) is 4.79 Å². The Morgan fingerprint density at radius 2 is 2.28 bits per heavy atom. The van der Waals surface area contributed by atoms with Crippen LogP contribution in [0.3, 0.4) is 0 Å². The lowest BCUT2D eigenvalue weighted by Gasteiger charge is -2.27. The first-order chi connectivity index (χ1) is 8.56. The lowest BCUT2D eigenvalue weighted by molar-refractivity contribution is -0.144. The highest BCUT2D eigenvalue weighted by atomic mass is 16.5. The molecule has 0 aromatic heterocycles. The lowest BCUT2D eigenvalue weighted by atomic mass is 9.91. The van der Waals surface area contributed by atoms with E-state index in [0.29, 0.717) is 11.7 Å². The molecule has 1 aliphatic rings. The first-order valence-electron chi connectivity index (χ1n) is 6.19. The van der Waals surface area contributed by atoms with E-state index >= 15 is 0 Å². The van der Waals surface area contributed by atoms with Crippen LogP contribution in [0.1, 0.15) is 25.3 Å². The third-order valence-electron chi connectivity index (χ3n) is 3.52. The second-order valence-corrected chi connectivity index (χ2v) is 4.99. The van der Waals surface area contributed by atoms with Gasteiger partial charge in [0.05, 0.1) is 7.11 Å². The Bertz CT molecular complexity index is 442. The van der Waals surface area contributed by atoms with E-state index in [1.807, 2.05) is 18.2 Å². The Hall–Kier alpha value is -1.55. The Morgan fingerprint density at radius 3 is 2.83 bits per heavy atom. The summed E-state index contributed by atoms with van der Waals surface area (Å²) in [4.78, 5) is 11.6. The highest BCUT2D eigenvalue weighted by Gasteiger charge is 2.36. The number of methoxy groups -OCH3 is 1. The maximum Gasteiger partial charge on any atom is 0.328 e. The monoisotopic (exact) mass is 249 g/mol. The number of carboxylic acid groups (broad SMARTS) is 1. The molecule has 2 N–H and O–H groups in total. The van der Waals surface area contributed by atoms with Gasteiger partial charge in [-0.15, -0.1) is 0 Å². The van der Waals surface area contributed by atoms with E-state index in [0.717, 1.165) is 12.1 Å². The molecule has 98 valence electrons. The number of hydrogen-bond acceptors (Lipinski definition) is 3. The summed E-state index contributed by atoms with van der Waals surface area (Å²) in [6, 6.07) is 7.21. The average Bonchev–Trinajstić information content (AvgIpc) is 3.19. The van der Waals surface area contributed by atoms with Gasteiger partial charge in [0.2, 0.25) is 0 Å². The maximum atomic E-state index is 11.6. The number of carboxylic acids is 1. The molecule has 2 rings (SSSR count). The summed E-state index contributed by atoms with van der Waals surface area (Å²) in [6.07, 6.45) is 2.39. The van der Waals surface area contributed by atoms with Crippen molar-refractivity contribution in [2.75, 3.05) is 13.7 Å². The van der Waals surface area contributed by atoms with E-state index in [4.69, 9.17) is 4.74 Å². The van der Waals surface area contributed by atoms with Gasteiger partial charge in [-0.3, -0.25) is 5.32 Å². The summed E-state index contributed by atoms with van der Waals surface area (Å²) >= 11 is 0. The molecule has 1 fully saturated rings. The molecule has 1 unspecified atom stereocenters. The summed E-state index contributed by atoms with van der Waals surface area (Å²) in [5.41, 5.74) is -0.341. The predicted octanol–water partition coefficient (Wildman–Crippen LogP) is 1.99. The molecule has 1 aliphatic carbocycles. The highest BCUT2D eigenvalue weighted by molar-refractivity contribution is 5.80. The zero-order valence-electron chi connectivity index (χ0n) is 10.8. The Morgan fingerprint density at radius 1 is 1.56 bits per heavy atom. The van der Waals surface area contributed by atoms with Gasteiger partial charge < -0.3 is 9.84 Å². The van der Waals surface area contributed by atoms with Crippen LogP contribution >= 0.6 is 0 Å². The minimum Gasteiger partial charge on any atom is -0.497 e. The van der Waals surface area contributed by atoms with Gasteiger partial charge in [-0.05, 0) is 49.9 Å². The van der Waals surface area contributed by atoms with Crippen LogP contribution in [0.15, 0.2) is 24.3 Å². The van der Waals surface area contributed by atoms with Crippen LogP contribution in [0.4, 0.5) is 0 Å². The van der Waals surface area contributed by atoms with Gasteiger partial charge in [0.25, 0.3) is 0 Å². The topological polar surface area (TPSA) is 58.6 Å². The van der Waals surface area contributed by atoms with E-state index in [1.54, 1.807) is 20.1 Å². The molecule has 0 saturated heterocycles. The van der Waals surface area contributed by atoms with Crippen LogP contribution in [-0.2, 0) is 10.3 Å². The van der Waals surface area contributed by atoms with Gasteiger partial charge in [0.15, 0.2) is 0 Å². The van der Waals surface area contributed by atoms with Gasteiger partial charge in [-0.1, -0.05) is 12.1 Å². The van der Waals surface area contributed by atoms with Gasteiger partial charge in [0, 0.05) is 0 Å². The molecular formula is C14H19NO3. The molecular weight excluding hydrogens is 230 g/mol. The summed E-state index contributed by atoms with van der Waals surface area (Å²) in [5.74, 6) is 0.443. The van der Waals surface area contributed by atoms with Crippen molar-refractivity contribution in [1.29, 1.82) is 0 Å². The van der Waals surface area contributed by atoms with Crippen LogP contribution in [-0.4, -0.2) is 24.7 Å². The first-order valence-corrected chi connectivity index (χ1v) is 6.19. The molecule has 0 heterocycles. The maximum absolute atomic E-state index is 11.6. The predicted molar refractivity (Wildman–Crippen MR) is 68.7 cm³/mol. The Kier molecular flexibility index (Phi) is 3.57. The molecule has 4 nitrogen and oxygen atoms in total. The van der Waals surface area contributed by atoms with E-state index < -0.39 is 11.5 Å². The first kappa shape index (κ1) is 12.9. The smallest absolute Gasteiger partial charge is 0.328 e. The van der Waals surface area contributed by atoms with Crippen molar-refractivity contribution in [3.8, 4) is 5.75 Å².